The molecule has 2 fully saturated rings. The minimum absolute atomic E-state index is 0.178. The first kappa shape index (κ1) is 11.9. The lowest BCUT2D eigenvalue weighted by molar-refractivity contribution is -0.144. The Morgan fingerprint density at radius 1 is 1.44 bits per heavy atom. The average molecular weight is 227 g/mol. The van der Waals surface area contributed by atoms with Gasteiger partial charge in [0.2, 0.25) is 0 Å². The molecule has 0 aromatic carbocycles. The van der Waals surface area contributed by atoms with E-state index < -0.39 is 0 Å². The van der Waals surface area contributed by atoms with Crippen LogP contribution in [0.15, 0.2) is 0 Å². The summed E-state index contributed by atoms with van der Waals surface area (Å²) in [5.74, 6) is 0. The zero-order valence-corrected chi connectivity index (χ0v) is 9.74. The summed E-state index contributed by atoms with van der Waals surface area (Å²) in [7, 11) is 0. The van der Waals surface area contributed by atoms with Crippen LogP contribution in [-0.4, -0.2) is 37.9 Å². The van der Waals surface area contributed by atoms with E-state index in [1.807, 2.05) is 0 Å². The second-order valence-corrected chi connectivity index (χ2v) is 4.84. The SMILES string of the molecule is O=COC1(CCC2CNCCO2)CCCC1. The summed E-state index contributed by atoms with van der Waals surface area (Å²) in [4.78, 5) is 10.6. The van der Waals surface area contributed by atoms with Crippen LogP contribution < -0.4 is 5.32 Å². The second-order valence-electron chi connectivity index (χ2n) is 4.84. The third-order valence-electron chi connectivity index (χ3n) is 3.74. The van der Waals surface area contributed by atoms with E-state index in [0.717, 1.165) is 45.4 Å². The van der Waals surface area contributed by atoms with Crippen molar-refractivity contribution in [2.24, 2.45) is 0 Å². The first-order valence-electron chi connectivity index (χ1n) is 6.28. The van der Waals surface area contributed by atoms with Gasteiger partial charge in [0, 0.05) is 13.1 Å². The van der Waals surface area contributed by atoms with Crippen molar-refractivity contribution in [1.29, 1.82) is 0 Å². The van der Waals surface area contributed by atoms with E-state index in [0.29, 0.717) is 12.6 Å². The molecule has 0 aromatic rings. The highest BCUT2D eigenvalue weighted by Crippen LogP contribution is 2.37. The molecule has 1 N–H and O–H groups in total. The van der Waals surface area contributed by atoms with Gasteiger partial charge in [0.25, 0.3) is 6.47 Å². The Bertz CT molecular complexity index is 220. The van der Waals surface area contributed by atoms with Gasteiger partial charge in [0.1, 0.15) is 5.60 Å². The fraction of sp³-hybridized carbons (Fsp3) is 0.917. The minimum Gasteiger partial charge on any atom is -0.461 e. The Balaban J connectivity index is 1.78. The van der Waals surface area contributed by atoms with Crippen molar-refractivity contribution in [3.8, 4) is 0 Å². The van der Waals surface area contributed by atoms with Crippen LogP contribution in [0.25, 0.3) is 0 Å². The number of rotatable bonds is 5. The van der Waals surface area contributed by atoms with Crippen LogP contribution in [0.4, 0.5) is 0 Å². The highest BCUT2D eigenvalue weighted by Gasteiger charge is 2.36. The molecule has 0 amide bonds. The highest BCUT2D eigenvalue weighted by atomic mass is 16.5. The van der Waals surface area contributed by atoms with Crippen molar-refractivity contribution in [3.05, 3.63) is 0 Å². The second kappa shape index (κ2) is 5.64. The molecule has 1 unspecified atom stereocenters. The molecule has 2 rings (SSSR count). The van der Waals surface area contributed by atoms with Crippen molar-refractivity contribution in [3.63, 3.8) is 0 Å². The van der Waals surface area contributed by atoms with Gasteiger partial charge in [-0.3, -0.25) is 4.79 Å². The number of nitrogens with one attached hydrogen (secondary N) is 1. The van der Waals surface area contributed by atoms with E-state index in [1.165, 1.54) is 12.8 Å². The topological polar surface area (TPSA) is 47.6 Å². The maximum Gasteiger partial charge on any atom is 0.293 e. The predicted octanol–water partition coefficient (Wildman–Crippen LogP) is 1.24. The van der Waals surface area contributed by atoms with E-state index >= 15 is 0 Å². The lowest BCUT2D eigenvalue weighted by Gasteiger charge is -2.30. The summed E-state index contributed by atoms with van der Waals surface area (Å²) in [6, 6.07) is 0. The van der Waals surface area contributed by atoms with Gasteiger partial charge >= 0.3 is 0 Å². The molecule has 1 heterocycles. The molecule has 4 nitrogen and oxygen atoms in total. The van der Waals surface area contributed by atoms with Crippen LogP contribution in [-0.2, 0) is 14.3 Å². The molecule has 0 spiro atoms. The Morgan fingerprint density at radius 3 is 2.88 bits per heavy atom. The molecule has 4 heteroatoms. The average Bonchev–Trinajstić information content (AvgIpc) is 2.78. The maximum absolute atomic E-state index is 10.6. The van der Waals surface area contributed by atoms with Gasteiger partial charge in [-0.2, -0.15) is 0 Å². The quantitative estimate of drug-likeness (QED) is 0.718. The summed E-state index contributed by atoms with van der Waals surface area (Å²) < 4.78 is 11.0. The zero-order chi connectivity index (χ0) is 11.3. The fourth-order valence-corrected chi connectivity index (χ4v) is 2.78. The van der Waals surface area contributed by atoms with Gasteiger partial charge in [-0.15, -0.1) is 0 Å². The molecule has 0 radical (unpaired) electrons. The van der Waals surface area contributed by atoms with Crippen LogP contribution in [0, 0.1) is 0 Å². The Kier molecular flexibility index (Phi) is 4.18. The van der Waals surface area contributed by atoms with Crippen molar-refractivity contribution in [2.75, 3.05) is 19.7 Å². The molecule has 0 bridgehead atoms. The number of carbonyl (C=O) groups excluding carboxylic acids is 1. The third kappa shape index (κ3) is 2.95. The van der Waals surface area contributed by atoms with Crippen LogP contribution >= 0.6 is 0 Å². The van der Waals surface area contributed by atoms with Crippen molar-refractivity contribution in [1.82, 2.24) is 5.32 Å². The monoisotopic (exact) mass is 227 g/mol. The van der Waals surface area contributed by atoms with Crippen molar-refractivity contribution < 1.29 is 14.3 Å². The van der Waals surface area contributed by atoms with Gasteiger partial charge in [0.15, 0.2) is 0 Å². The summed E-state index contributed by atoms with van der Waals surface area (Å²) in [6.45, 7) is 3.29. The number of morpholine rings is 1. The molecule has 1 saturated heterocycles. The Morgan fingerprint density at radius 2 is 2.25 bits per heavy atom. The largest absolute Gasteiger partial charge is 0.461 e. The van der Waals surface area contributed by atoms with Gasteiger partial charge in [-0.1, -0.05) is 0 Å². The summed E-state index contributed by atoms with van der Waals surface area (Å²) in [5.41, 5.74) is -0.178. The van der Waals surface area contributed by atoms with E-state index in [2.05, 4.69) is 5.32 Å². The first-order valence-corrected chi connectivity index (χ1v) is 6.28. The molecule has 0 aromatic heterocycles. The highest BCUT2D eigenvalue weighted by molar-refractivity contribution is 5.38. The molecule has 1 aliphatic heterocycles. The lowest BCUT2D eigenvalue weighted by Crippen LogP contribution is -2.40. The summed E-state index contributed by atoms with van der Waals surface area (Å²) >= 11 is 0. The smallest absolute Gasteiger partial charge is 0.293 e. The van der Waals surface area contributed by atoms with Gasteiger partial charge in [0.05, 0.1) is 12.7 Å². The van der Waals surface area contributed by atoms with Crippen LogP contribution in [0.1, 0.15) is 38.5 Å². The molecule has 1 saturated carbocycles. The van der Waals surface area contributed by atoms with Crippen molar-refractivity contribution in [2.45, 2.75) is 50.2 Å². The molecule has 1 aliphatic carbocycles. The van der Waals surface area contributed by atoms with E-state index in [4.69, 9.17) is 9.47 Å². The maximum atomic E-state index is 10.6. The number of carbonyl (C=O) groups is 1. The van der Waals surface area contributed by atoms with Crippen LogP contribution in [0.3, 0.4) is 0 Å². The molecule has 2 aliphatic rings. The lowest BCUT2D eigenvalue weighted by atomic mass is 9.93. The minimum atomic E-state index is -0.178. The molecular formula is C12H21NO3. The molecule has 92 valence electrons. The van der Waals surface area contributed by atoms with E-state index in [1.54, 1.807) is 0 Å². The summed E-state index contributed by atoms with van der Waals surface area (Å²) in [6.07, 6.45) is 6.62. The molecule has 1 atom stereocenters. The standard InChI is InChI=1S/C12H21NO3/c14-10-16-12(4-1-2-5-12)6-3-11-9-13-7-8-15-11/h10-11,13H,1-9H2. The van der Waals surface area contributed by atoms with Crippen LogP contribution in [0.2, 0.25) is 0 Å². The number of ether oxygens (including phenoxy) is 2. The summed E-state index contributed by atoms with van der Waals surface area (Å²) in [5, 5.41) is 3.32. The fourth-order valence-electron chi connectivity index (χ4n) is 2.78. The van der Waals surface area contributed by atoms with Crippen LogP contribution in [0.5, 0.6) is 0 Å². The van der Waals surface area contributed by atoms with E-state index in [-0.39, 0.29) is 5.60 Å². The number of hydrogen-bond acceptors (Lipinski definition) is 4. The third-order valence-corrected chi connectivity index (χ3v) is 3.74. The molecular weight excluding hydrogens is 206 g/mol. The zero-order valence-electron chi connectivity index (χ0n) is 9.74. The normalized spacial score (nSPS) is 28.9. The van der Waals surface area contributed by atoms with E-state index in [9.17, 15) is 4.79 Å². The van der Waals surface area contributed by atoms with Gasteiger partial charge in [-0.25, -0.2) is 0 Å². The first-order chi connectivity index (χ1) is 7.85. The Hall–Kier alpha value is -0.610. The van der Waals surface area contributed by atoms with Gasteiger partial charge in [-0.05, 0) is 38.5 Å². The van der Waals surface area contributed by atoms with Crippen molar-refractivity contribution >= 4 is 6.47 Å². The number of hydrogen-bond donors (Lipinski definition) is 1. The predicted molar refractivity (Wildman–Crippen MR) is 60.2 cm³/mol. The van der Waals surface area contributed by atoms with Gasteiger partial charge < -0.3 is 14.8 Å². The Labute approximate surface area is 96.7 Å². The molecule has 16 heavy (non-hydrogen) atoms.